The zero-order valence-electron chi connectivity index (χ0n) is 9.41. The Morgan fingerprint density at radius 1 is 1.47 bits per heavy atom. The summed E-state index contributed by atoms with van der Waals surface area (Å²) in [5, 5.41) is 16.5. The number of phenolic OH excluding ortho intramolecular Hbond substituents is 1. The van der Waals surface area contributed by atoms with Crippen LogP contribution in [0.1, 0.15) is 5.56 Å². The number of phenols is 1. The maximum Gasteiger partial charge on any atom is 0.170 e. The van der Waals surface area contributed by atoms with E-state index >= 15 is 0 Å². The molecule has 0 amide bonds. The quantitative estimate of drug-likeness (QED) is 0.795. The van der Waals surface area contributed by atoms with Gasteiger partial charge >= 0.3 is 0 Å². The van der Waals surface area contributed by atoms with E-state index in [1.165, 1.54) is 7.11 Å². The molecule has 0 bridgehead atoms. The highest BCUT2D eigenvalue weighted by Crippen LogP contribution is 2.42. The van der Waals surface area contributed by atoms with Gasteiger partial charge in [0.1, 0.15) is 5.82 Å². The van der Waals surface area contributed by atoms with E-state index < -0.39 is 0 Å². The number of hydrogen-bond acceptors (Lipinski definition) is 4. The Morgan fingerprint density at radius 3 is 2.71 bits per heavy atom. The predicted octanol–water partition coefficient (Wildman–Crippen LogP) is 2.44. The highest BCUT2D eigenvalue weighted by molar-refractivity contribution is 9.10. The fraction of sp³-hybridized carbons (Fsp3) is 0.182. The van der Waals surface area contributed by atoms with Crippen LogP contribution in [0, 0.1) is 6.92 Å². The molecule has 1 heterocycles. The number of aromatic amines is 1. The smallest absolute Gasteiger partial charge is 0.170 e. The van der Waals surface area contributed by atoms with Gasteiger partial charge in [0.2, 0.25) is 0 Å². The normalized spacial score (nSPS) is 10.5. The van der Waals surface area contributed by atoms with Gasteiger partial charge in [-0.3, -0.25) is 5.10 Å². The van der Waals surface area contributed by atoms with Gasteiger partial charge in [-0.15, -0.1) is 0 Å². The highest BCUT2D eigenvalue weighted by atomic mass is 79.9. The number of nitrogen functional groups attached to an aromatic ring is 1. The summed E-state index contributed by atoms with van der Waals surface area (Å²) in [4.78, 5) is 0. The summed E-state index contributed by atoms with van der Waals surface area (Å²) in [6.45, 7) is 1.92. The Hall–Kier alpha value is -1.69. The summed E-state index contributed by atoms with van der Waals surface area (Å²) in [6.07, 6.45) is 0. The number of aromatic nitrogens is 2. The number of benzene rings is 1. The van der Waals surface area contributed by atoms with Crippen LogP contribution in [0.3, 0.4) is 0 Å². The standard InChI is InChI=1S/C11H12BrN3O2/c1-5-6(12)3-8(16)11(17-2)10(5)7-4-9(13)15-14-7/h3-4,16H,1-2H3,(H3,13,14,15). The molecule has 0 atom stereocenters. The van der Waals surface area contributed by atoms with E-state index in [0.29, 0.717) is 17.3 Å². The molecule has 0 fully saturated rings. The van der Waals surface area contributed by atoms with Gasteiger partial charge in [0.15, 0.2) is 11.5 Å². The molecule has 2 aromatic rings. The monoisotopic (exact) mass is 297 g/mol. The number of nitrogens with one attached hydrogen (secondary N) is 1. The van der Waals surface area contributed by atoms with E-state index in [-0.39, 0.29) is 5.75 Å². The Balaban J connectivity index is 2.74. The lowest BCUT2D eigenvalue weighted by atomic mass is 10.0. The van der Waals surface area contributed by atoms with Crippen LogP contribution < -0.4 is 10.5 Å². The zero-order chi connectivity index (χ0) is 12.6. The van der Waals surface area contributed by atoms with Crippen molar-refractivity contribution >= 4 is 21.7 Å². The first-order valence-corrected chi connectivity index (χ1v) is 5.71. The van der Waals surface area contributed by atoms with Crippen LogP contribution in [0.25, 0.3) is 11.3 Å². The van der Waals surface area contributed by atoms with Crippen molar-refractivity contribution in [3.63, 3.8) is 0 Å². The third-order valence-corrected chi connectivity index (χ3v) is 3.35. The summed E-state index contributed by atoms with van der Waals surface area (Å²) >= 11 is 3.38. The first-order chi connectivity index (χ1) is 8.04. The van der Waals surface area contributed by atoms with Crippen LogP contribution in [0.2, 0.25) is 0 Å². The van der Waals surface area contributed by atoms with E-state index in [2.05, 4.69) is 26.1 Å². The number of rotatable bonds is 2. The molecule has 0 saturated carbocycles. The molecule has 2 rings (SSSR count). The maximum atomic E-state index is 9.84. The number of methoxy groups -OCH3 is 1. The molecule has 17 heavy (non-hydrogen) atoms. The first kappa shape index (κ1) is 11.8. The topological polar surface area (TPSA) is 84.2 Å². The molecule has 0 unspecified atom stereocenters. The van der Waals surface area contributed by atoms with Gasteiger partial charge in [-0.2, -0.15) is 5.10 Å². The van der Waals surface area contributed by atoms with Gasteiger partial charge < -0.3 is 15.6 Å². The van der Waals surface area contributed by atoms with Gasteiger partial charge in [-0.1, -0.05) is 15.9 Å². The van der Waals surface area contributed by atoms with Gasteiger partial charge in [-0.05, 0) is 18.6 Å². The van der Waals surface area contributed by atoms with E-state index in [0.717, 1.165) is 15.6 Å². The molecule has 0 radical (unpaired) electrons. The second-order valence-corrected chi connectivity index (χ2v) is 4.47. The lowest BCUT2D eigenvalue weighted by Crippen LogP contribution is -1.93. The lowest BCUT2D eigenvalue weighted by Gasteiger charge is -2.13. The molecule has 5 nitrogen and oxygen atoms in total. The second kappa shape index (κ2) is 4.29. The maximum absolute atomic E-state index is 9.84. The Kier molecular flexibility index (Phi) is 2.97. The van der Waals surface area contributed by atoms with Crippen LogP contribution in [-0.4, -0.2) is 22.4 Å². The third kappa shape index (κ3) is 1.95. The van der Waals surface area contributed by atoms with Crippen molar-refractivity contribution in [3.05, 3.63) is 22.2 Å². The Bertz CT molecular complexity index is 566. The van der Waals surface area contributed by atoms with E-state index in [1.54, 1.807) is 12.1 Å². The van der Waals surface area contributed by atoms with Crippen molar-refractivity contribution in [1.29, 1.82) is 0 Å². The number of ether oxygens (including phenoxy) is 1. The molecule has 6 heteroatoms. The predicted molar refractivity (Wildman–Crippen MR) is 69.1 cm³/mol. The van der Waals surface area contributed by atoms with Gasteiger partial charge in [0.25, 0.3) is 0 Å². The molecule has 0 aliphatic heterocycles. The summed E-state index contributed by atoms with van der Waals surface area (Å²) in [5.41, 5.74) is 7.95. The summed E-state index contributed by atoms with van der Waals surface area (Å²) in [7, 11) is 1.51. The highest BCUT2D eigenvalue weighted by Gasteiger charge is 2.18. The summed E-state index contributed by atoms with van der Waals surface area (Å²) in [6, 6.07) is 3.29. The largest absolute Gasteiger partial charge is 0.504 e. The molecule has 0 saturated heterocycles. The van der Waals surface area contributed by atoms with Crippen molar-refractivity contribution in [3.8, 4) is 22.8 Å². The van der Waals surface area contributed by atoms with E-state index in [9.17, 15) is 5.11 Å². The van der Waals surface area contributed by atoms with Crippen LogP contribution >= 0.6 is 15.9 Å². The van der Waals surface area contributed by atoms with Crippen LogP contribution in [0.15, 0.2) is 16.6 Å². The van der Waals surface area contributed by atoms with Crippen molar-refractivity contribution in [2.45, 2.75) is 6.92 Å². The van der Waals surface area contributed by atoms with Gasteiger partial charge in [-0.25, -0.2) is 0 Å². The molecule has 1 aromatic carbocycles. The number of nitrogens with zero attached hydrogens (tertiary/aromatic N) is 1. The van der Waals surface area contributed by atoms with Crippen molar-refractivity contribution < 1.29 is 9.84 Å². The Morgan fingerprint density at radius 2 is 2.18 bits per heavy atom. The van der Waals surface area contributed by atoms with Crippen LogP contribution in [0.4, 0.5) is 5.82 Å². The zero-order valence-corrected chi connectivity index (χ0v) is 11.0. The van der Waals surface area contributed by atoms with Crippen molar-refractivity contribution in [2.24, 2.45) is 0 Å². The average Bonchev–Trinajstić information content (AvgIpc) is 2.69. The summed E-state index contributed by atoms with van der Waals surface area (Å²) in [5.74, 6) is 0.850. The molecule has 0 aliphatic rings. The number of hydrogen-bond donors (Lipinski definition) is 3. The number of nitrogens with two attached hydrogens (primary N) is 1. The third-order valence-electron chi connectivity index (χ3n) is 2.53. The number of anilines is 1. The lowest BCUT2D eigenvalue weighted by molar-refractivity contribution is 0.374. The summed E-state index contributed by atoms with van der Waals surface area (Å²) < 4.78 is 6.01. The molecular weight excluding hydrogens is 286 g/mol. The fourth-order valence-corrected chi connectivity index (χ4v) is 2.12. The van der Waals surface area contributed by atoms with E-state index in [4.69, 9.17) is 10.5 Å². The average molecular weight is 298 g/mol. The minimum absolute atomic E-state index is 0.0631. The minimum atomic E-state index is 0.0631. The van der Waals surface area contributed by atoms with Crippen molar-refractivity contribution in [1.82, 2.24) is 10.2 Å². The first-order valence-electron chi connectivity index (χ1n) is 4.92. The number of halogens is 1. The molecule has 1 aromatic heterocycles. The van der Waals surface area contributed by atoms with Crippen LogP contribution in [0.5, 0.6) is 11.5 Å². The van der Waals surface area contributed by atoms with Crippen molar-refractivity contribution in [2.75, 3.05) is 12.8 Å². The molecule has 90 valence electrons. The molecular formula is C11H12BrN3O2. The number of aromatic hydroxyl groups is 1. The van der Waals surface area contributed by atoms with Gasteiger partial charge in [0, 0.05) is 16.1 Å². The molecule has 0 spiro atoms. The van der Waals surface area contributed by atoms with Gasteiger partial charge in [0.05, 0.1) is 12.8 Å². The SMILES string of the molecule is COc1c(O)cc(Br)c(C)c1-c1cc(N)n[nH]1. The Labute approximate surface area is 107 Å². The number of H-pyrrole nitrogens is 1. The second-order valence-electron chi connectivity index (χ2n) is 3.62. The molecule has 0 aliphatic carbocycles. The van der Waals surface area contributed by atoms with Crippen LogP contribution in [-0.2, 0) is 0 Å². The molecule has 4 N–H and O–H groups in total. The minimum Gasteiger partial charge on any atom is -0.504 e. The van der Waals surface area contributed by atoms with E-state index in [1.807, 2.05) is 6.92 Å². The fourth-order valence-electron chi connectivity index (χ4n) is 1.71.